The first kappa shape index (κ1) is 23.4. The zero-order valence-electron chi connectivity index (χ0n) is 20.3. The summed E-state index contributed by atoms with van der Waals surface area (Å²) in [6.07, 6.45) is 8.19. The molecular formula is C27H32FN3O3S. The first-order valence-electron chi connectivity index (χ1n) is 12.5. The van der Waals surface area contributed by atoms with Crippen LogP contribution < -0.4 is 0 Å². The summed E-state index contributed by atoms with van der Waals surface area (Å²) in [4.78, 5) is 16.2. The van der Waals surface area contributed by atoms with Gasteiger partial charge < -0.3 is 10.2 Å². The van der Waals surface area contributed by atoms with E-state index in [0.717, 1.165) is 30.5 Å². The van der Waals surface area contributed by atoms with Crippen molar-refractivity contribution in [2.45, 2.75) is 64.6 Å². The predicted octanol–water partition coefficient (Wildman–Crippen LogP) is 3.99. The van der Waals surface area contributed by atoms with Crippen molar-refractivity contribution >= 4 is 23.8 Å². The third kappa shape index (κ3) is 2.99. The van der Waals surface area contributed by atoms with Gasteiger partial charge in [-0.2, -0.15) is 9.49 Å². The van der Waals surface area contributed by atoms with E-state index in [-0.39, 0.29) is 29.1 Å². The molecule has 0 aliphatic heterocycles. The topological polar surface area (TPSA) is 88.2 Å². The number of carbonyl (C=O) groups excluding carboxylic acids is 1. The Hall–Kier alpha value is -2.03. The molecule has 6 rings (SSSR count). The second-order valence-electron chi connectivity index (χ2n) is 11.8. The fourth-order valence-corrected chi connectivity index (χ4v) is 9.05. The van der Waals surface area contributed by atoms with Gasteiger partial charge in [0.25, 0.3) is 0 Å². The third-order valence-corrected chi connectivity index (χ3v) is 10.6. The van der Waals surface area contributed by atoms with Crippen molar-refractivity contribution < 1.29 is 19.4 Å². The number of carbonyl (C=O) groups is 1. The molecule has 4 aliphatic carbocycles. The van der Waals surface area contributed by atoms with Gasteiger partial charge in [0.15, 0.2) is 0 Å². The number of halogens is 1. The molecule has 8 heteroatoms. The number of aliphatic hydroxyl groups excluding tert-OH is 1. The van der Waals surface area contributed by atoms with Crippen molar-refractivity contribution in [3.63, 3.8) is 0 Å². The number of fused-ring (bicyclic) bond motifs is 6. The van der Waals surface area contributed by atoms with Gasteiger partial charge in [0.05, 0.1) is 29.9 Å². The largest absolute Gasteiger partial charge is 0.393 e. The Morgan fingerprint density at radius 2 is 2.06 bits per heavy atom. The molecule has 0 aromatic carbocycles. The van der Waals surface area contributed by atoms with Gasteiger partial charge in [-0.05, 0) is 85.0 Å². The number of thiol groups is 1. The molecule has 186 valence electrons. The molecule has 2 aromatic rings. The van der Waals surface area contributed by atoms with E-state index in [1.165, 1.54) is 17.8 Å². The minimum absolute atomic E-state index is 0.0318. The lowest BCUT2D eigenvalue weighted by Crippen LogP contribution is -2.62. The van der Waals surface area contributed by atoms with Crippen LogP contribution in [-0.2, 0) is 11.2 Å². The molecule has 0 saturated heterocycles. The van der Waals surface area contributed by atoms with Gasteiger partial charge in [-0.3, -0.25) is 4.79 Å². The van der Waals surface area contributed by atoms with E-state index in [9.17, 15) is 19.4 Å². The lowest BCUT2D eigenvalue weighted by atomic mass is 9.44. The zero-order chi connectivity index (χ0) is 24.9. The Bertz CT molecular complexity index is 1240. The van der Waals surface area contributed by atoms with Gasteiger partial charge in [0, 0.05) is 5.41 Å². The second-order valence-corrected chi connectivity index (χ2v) is 12.2. The lowest BCUT2D eigenvalue weighted by molar-refractivity contribution is -0.175. The van der Waals surface area contributed by atoms with E-state index in [2.05, 4.69) is 42.6 Å². The fraction of sp³-hybridized carbons (Fsp3) is 0.593. The molecule has 0 amide bonds. The average molecular weight is 498 g/mol. The van der Waals surface area contributed by atoms with Crippen molar-refractivity contribution in [2.24, 2.45) is 34.5 Å². The van der Waals surface area contributed by atoms with E-state index < -0.39 is 28.2 Å². The SMILES string of the molecule is C[C@H]1C[C@@H]2[C@H]([C@@H](O)C[C@@]3(C)[C@H]2CC[C@]3(O)C(=O)S)[C@@]2(C)Cc3cnn(-c4ccc(F)nc4)c3C=C12. The number of allylic oxidation sites excluding steroid dienone is 1. The van der Waals surface area contributed by atoms with Crippen molar-refractivity contribution in [3.05, 3.63) is 47.3 Å². The molecule has 3 saturated carbocycles. The van der Waals surface area contributed by atoms with Crippen LogP contribution >= 0.6 is 12.6 Å². The highest BCUT2D eigenvalue weighted by atomic mass is 32.1. The molecular weight excluding hydrogens is 465 g/mol. The van der Waals surface area contributed by atoms with Gasteiger partial charge in [0.2, 0.25) is 11.1 Å². The first-order valence-corrected chi connectivity index (χ1v) is 13.0. The van der Waals surface area contributed by atoms with Crippen LogP contribution in [0.2, 0.25) is 0 Å². The van der Waals surface area contributed by atoms with E-state index in [0.29, 0.717) is 18.5 Å². The van der Waals surface area contributed by atoms with Crippen LogP contribution in [0.4, 0.5) is 4.39 Å². The van der Waals surface area contributed by atoms with Crippen LogP contribution in [0.5, 0.6) is 0 Å². The Kier molecular flexibility index (Phi) is 5.00. The van der Waals surface area contributed by atoms with Crippen molar-refractivity contribution in [2.75, 3.05) is 0 Å². The van der Waals surface area contributed by atoms with Crippen LogP contribution in [0.15, 0.2) is 30.1 Å². The molecule has 6 nitrogen and oxygen atoms in total. The number of nitrogens with zero attached hydrogens (tertiary/aromatic N) is 3. The van der Waals surface area contributed by atoms with Gasteiger partial charge in [0.1, 0.15) is 5.60 Å². The molecule has 2 aromatic heterocycles. The van der Waals surface area contributed by atoms with Crippen molar-refractivity contribution in [1.29, 1.82) is 0 Å². The molecule has 8 atom stereocenters. The Labute approximate surface area is 210 Å². The van der Waals surface area contributed by atoms with Gasteiger partial charge in [-0.15, -0.1) is 12.6 Å². The van der Waals surface area contributed by atoms with E-state index in [1.54, 1.807) is 6.07 Å². The number of hydrogen-bond acceptors (Lipinski definition) is 5. The fourth-order valence-electron chi connectivity index (χ4n) is 8.68. The van der Waals surface area contributed by atoms with E-state index >= 15 is 0 Å². The number of hydrogen-bond donors (Lipinski definition) is 3. The molecule has 3 fully saturated rings. The quantitative estimate of drug-likeness (QED) is 0.431. The molecule has 0 bridgehead atoms. The van der Waals surface area contributed by atoms with Gasteiger partial charge in [-0.25, -0.2) is 9.67 Å². The minimum atomic E-state index is -1.49. The highest BCUT2D eigenvalue weighted by Gasteiger charge is 2.68. The Balaban J connectivity index is 1.41. The normalized spacial score (nSPS) is 41.9. The number of pyridine rings is 1. The summed E-state index contributed by atoms with van der Waals surface area (Å²) < 4.78 is 15.2. The minimum Gasteiger partial charge on any atom is -0.393 e. The predicted molar refractivity (Wildman–Crippen MR) is 132 cm³/mol. The monoisotopic (exact) mass is 497 g/mol. The average Bonchev–Trinajstić information content (AvgIpc) is 3.31. The maximum absolute atomic E-state index is 13.4. The maximum atomic E-state index is 13.4. The van der Waals surface area contributed by atoms with Crippen LogP contribution in [0.3, 0.4) is 0 Å². The van der Waals surface area contributed by atoms with Crippen LogP contribution in [-0.4, -0.2) is 41.8 Å². The molecule has 0 radical (unpaired) electrons. The zero-order valence-corrected chi connectivity index (χ0v) is 21.2. The number of rotatable bonds is 2. The molecule has 0 spiro atoms. The summed E-state index contributed by atoms with van der Waals surface area (Å²) in [7, 11) is 0. The maximum Gasteiger partial charge on any atom is 0.218 e. The standard InChI is InChI=1S/C27H32FN3O3S/c1-14-8-17-18-6-7-27(34,24(33)35)26(18,3)11-21(32)23(17)25(2)10-15-12-30-31(20(15)9-19(14)25)16-4-5-22(28)29-13-16/h4-5,9,12-14,17-18,21,23,32,34H,6-8,10-11H2,1-3H3,(H,33,35)/t14-,17-,18-,21-,23+,25-,26-,27-/m0/s1. The summed E-state index contributed by atoms with van der Waals surface area (Å²) >= 11 is 4.06. The molecule has 4 aliphatic rings. The second kappa shape index (κ2) is 7.49. The van der Waals surface area contributed by atoms with Gasteiger partial charge >= 0.3 is 0 Å². The summed E-state index contributed by atoms with van der Waals surface area (Å²) in [6, 6.07) is 3.02. The van der Waals surface area contributed by atoms with E-state index in [1.807, 2.05) is 17.8 Å². The van der Waals surface area contributed by atoms with E-state index in [4.69, 9.17) is 0 Å². The van der Waals surface area contributed by atoms with Crippen LogP contribution in [0.25, 0.3) is 11.8 Å². The van der Waals surface area contributed by atoms with Crippen LogP contribution in [0.1, 0.15) is 57.7 Å². The smallest absolute Gasteiger partial charge is 0.218 e. The molecule has 35 heavy (non-hydrogen) atoms. The van der Waals surface area contributed by atoms with Crippen LogP contribution in [0, 0.1) is 40.4 Å². The number of aromatic nitrogens is 3. The lowest BCUT2D eigenvalue weighted by Gasteiger charge is -2.61. The summed E-state index contributed by atoms with van der Waals surface area (Å²) in [6.45, 7) is 6.49. The van der Waals surface area contributed by atoms with Gasteiger partial charge in [-0.1, -0.05) is 26.3 Å². The van der Waals surface area contributed by atoms with Crippen molar-refractivity contribution in [3.8, 4) is 5.69 Å². The Morgan fingerprint density at radius 3 is 2.74 bits per heavy atom. The van der Waals surface area contributed by atoms with Crippen molar-refractivity contribution in [1.82, 2.24) is 14.8 Å². The molecule has 2 heterocycles. The first-order chi connectivity index (χ1) is 16.5. The Morgan fingerprint density at radius 1 is 1.29 bits per heavy atom. The summed E-state index contributed by atoms with van der Waals surface area (Å²) in [5, 5.41) is 27.1. The highest BCUT2D eigenvalue weighted by molar-refractivity contribution is 7.96. The summed E-state index contributed by atoms with van der Waals surface area (Å²) in [5.41, 5.74) is 1.69. The third-order valence-electron chi connectivity index (χ3n) is 10.2. The number of aliphatic hydroxyl groups is 2. The highest BCUT2D eigenvalue weighted by Crippen LogP contribution is 2.68. The summed E-state index contributed by atoms with van der Waals surface area (Å²) in [5.74, 6) is 0.153. The molecule has 2 N–H and O–H groups in total. The molecule has 0 unspecified atom stereocenters.